The van der Waals surface area contributed by atoms with Crippen LogP contribution in [0.15, 0.2) is 0 Å². The minimum Gasteiger partial charge on any atom is -0.481 e. The number of carboxylic acids is 1. The minimum absolute atomic E-state index is 0.0970. The molecule has 2 aliphatic rings. The Kier molecular flexibility index (Phi) is 4.80. The number of piperidine rings is 1. The Bertz CT molecular complexity index is 338. The molecule has 5 heteroatoms. The highest BCUT2D eigenvalue weighted by Gasteiger charge is 2.31. The molecule has 2 atom stereocenters. The van der Waals surface area contributed by atoms with Gasteiger partial charge in [-0.3, -0.25) is 9.59 Å². The number of nitrogens with two attached hydrogens (primary N) is 1. The Morgan fingerprint density at radius 2 is 1.84 bits per heavy atom. The summed E-state index contributed by atoms with van der Waals surface area (Å²) in [7, 11) is 0. The van der Waals surface area contributed by atoms with Crippen LogP contribution in [0.3, 0.4) is 0 Å². The van der Waals surface area contributed by atoms with E-state index in [1.54, 1.807) is 0 Å². The van der Waals surface area contributed by atoms with Crippen LogP contribution in [0.25, 0.3) is 0 Å². The number of carbonyl (C=O) groups is 2. The molecule has 0 bridgehead atoms. The highest BCUT2D eigenvalue weighted by Crippen LogP contribution is 2.27. The summed E-state index contributed by atoms with van der Waals surface area (Å²) < 4.78 is 0. The van der Waals surface area contributed by atoms with Crippen LogP contribution in [0.1, 0.15) is 44.9 Å². The Labute approximate surface area is 114 Å². The van der Waals surface area contributed by atoms with Crippen molar-refractivity contribution in [3.05, 3.63) is 0 Å². The Morgan fingerprint density at radius 3 is 2.42 bits per heavy atom. The molecule has 19 heavy (non-hydrogen) atoms. The van der Waals surface area contributed by atoms with Crippen molar-refractivity contribution in [2.24, 2.45) is 17.6 Å². The summed E-state index contributed by atoms with van der Waals surface area (Å²) in [5.41, 5.74) is 5.93. The fraction of sp³-hybridized carbons (Fsp3) is 0.857. The maximum Gasteiger partial charge on any atom is 0.303 e. The second kappa shape index (κ2) is 6.37. The van der Waals surface area contributed by atoms with Gasteiger partial charge in [0, 0.05) is 31.5 Å². The van der Waals surface area contributed by atoms with Crippen molar-refractivity contribution in [1.29, 1.82) is 0 Å². The van der Waals surface area contributed by atoms with Crippen LogP contribution in [0.2, 0.25) is 0 Å². The number of hydrogen-bond acceptors (Lipinski definition) is 3. The van der Waals surface area contributed by atoms with Crippen LogP contribution in [0.4, 0.5) is 0 Å². The first kappa shape index (κ1) is 14.3. The summed E-state index contributed by atoms with van der Waals surface area (Å²) in [4.78, 5) is 25.0. The lowest BCUT2D eigenvalue weighted by Crippen LogP contribution is -2.44. The summed E-state index contributed by atoms with van der Waals surface area (Å²) in [5.74, 6) is -0.165. The lowest BCUT2D eigenvalue weighted by Gasteiger charge is -2.35. The molecule has 1 heterocycles. The minimum atomic E-state index is -0.733. The predicted molar refractivity (Wildman–Crippen MR) is 71.5 cm³/mol. The molecule has 3 N–H and O–H groups in total. The van der Waals surface area contributed by atoms with E-state index in [1.807, 2.05) is 4.90 Å². The van der Waals surface area contributed by atoms with Gasteiger partial charge >= 0.3 is 5.97 Å². The summed E-state index contributed by atoms with van der Waals surface area (Å²) >= 11 is 0. The molecular weight excluding hydrogens is 244 g/mol. The van der Waals surface area contributed by atoms with Crippen LogP contribution in [-0.4, -0.2) is 41.0 Å². The van der Waals surface area contributed by atoms with Gasteiger partial charge in [0.15, 0.2) is 0 Å². The number of amides is 1. The number of aliphatic carboxylic acids is 1. The zero-order chi connectivity index (χ0) is 13.8. The second-order valence-electron chi connectivity index (χ2n) is 5.99. The van der Waals surface area contributed by atoms with Crippen molar-refractivity contribution in [1.82, 2.24) is 4.90 Å². The Hall–Kier alpha value is -1.10. The first-order valence-electron chi connectivity index (χ1n) is 7.32. The van der Waals surface area contributed by atoms with E-state index in [0.717, 1.165) is 38.5 Å². The summed E-state index contributed by atoms with van der Waals surface area (Å²) in [6, 6.07) is 0.173. The average Bonchev–Trinajstić information content (AvgIpc) is 2.38. The van der Waals surface area contributed by atoms with E-state index in [0.29, 0.717) is 13.1 Å². The van der Waals surface area contributed by atoms with Crippen LogP contribution in [0, 0.1) is 11.8 Å². The first-order chi connectivity index (χ1) is 9.06. The molecule has 0 aromatic carbocycles. The number of hydrogen-bond donors (Lipinski definition) is 2. The van der Waals surface area contributed by atoms with Crippen LogP contribution >= 0.6 is 0 Å². The van der Waals surface area contributed by atoms with Gasteiger partial charge in [0.05, 0.1) is 0 Å². The highest BCUT2D eigenvalue weighted by molar-refractivity contribution is 5.79. The van der Waals surface area contributed by atoms with E-state index >= 15 is 0 Å². The van der Waals surface area contributed by atoms with Crippen molar-refractivity contribution < 1.29 is 14.7 Å². The number of rotatable bonds is 3. The largest absolute Gasteiger partial charge is 0.481 e. The van der Waals surface area contributed by atoms with E-state index in [4.69, 9.17) is 10.8 Å². The molecule has 0 spiro atoms. The van der Waals surface area contributed by atoms with Crippen LogP contribution in [-0.2, 0) is 9.59 Å². The summed E-state index contributed by atoms with van der Waals surface area (Å²) in [5, 5.41) is 8.78. The maximum absolute atomic E-state index is 12.4. The monoisotopic (exact) mass is 268 g/mol. The topological polar surface area (TPSA) is 83.6 Å². The number of likely N-dealkylation sites (tertiary alicyclic amines) is 1. The van der Waals surface area contributed by atoms with Crippen LogP contribution in [0.5, 0.6) is 0 Å². The SMILES string of the molecule is NC1CCCC(C(=O)N2CCC(CC(=O)O)CC2)C1. The van der Waals surface area contributed by atoms with Crippen LogP contribution < -0.4 is 5.73 Å². The van der Waals surface area contributed by atoms with E-state index in [2.05, 4.69) is 0 Å². The van der Waals surface area contributed by atoms with E-state index in [-0.39, 0.29) is 30.2 Å². The number of nitrogens with zero attached hydrogens (tertiary/aromatic N) is 1. The molecule has 0 radical (unpaired) electrons. The zero-order valence-electron chi connectivity index (χ0n) is 11.4. The van der Waals surface area contributed by atoms with Crippen molar-refractivity contribution in [2.45, 2.75) is 51.0 Å². The standard InChI is InChI=1S/C14H24N2O3/c15-12-3-1-2-11(9-12)14(19)16-6-4-10(5-7-16)8-13(17)18/h10-12H,1-9,15H2,(H,17,18). The molecule has 5 nitrogen and oxygen atoms in total. The van der Waals surface area contributed by atoms with Crippen molar-refractivity contribution >= 4 is 11.9 Å². The molecule has 1 saturated carbocycles. The van der Waals surface area contributed by atoms with Crippen molar-refractivity contribution in [2.75, 3.05) is 13.1 Å². The quantitative estimate of drug-likeness (QED) is 0.806. The third-order valence-electron chi connectivity index (χ3n) is 4.45. The fourth-order valence-electron chi connectivity index (χ4n) is 3.31. The van der Waals surface area contributed by atoms with Crippen molar-refractivity contribution in [3.63, 3.8) is 0 Å². The Balaban J connectivity index is 1.80. The van der Waals surface area contributed by atoms with E-state index < -0.39 is 5.97 Å². The fourth-order valence-corrected chi connectivity index (χ4v) is 3.31. The van der Waals surface area contributed by atoms with Gasteiger partial charge < -0.3 is 15.7 Å². The molecule has 1 amide bonds. The Morgan fingerprint density at radius 1 is 1.16 bits per heavy atom. The molecule has 1 saturated heterocycles. The van der Waals surface area contributed by atoms with Gasteiger partial charge in [-0.25, -0.2) is 0 Å². The summed E-state index contributed by atoms with van der Waals surface area (Å²) in [6.45, 7) is 1.42. The lowest BCUT2D eigenvalue weighted by molar-refractivity contribution is -0.140. The van der Waals surface area contributed by atoms with Gasteiger partial charge in [-0.05, 0) is 38.0 Å². The molecule has 2 unspecified atom stereocenters. The molecule has 2 rings (SSSR count). The van der Waals surface area contributed by atoms with Gasteiger partial charge in [-0.2, -0.15) is 0 Å². The smallest absolute Gasteiger partial charge is 0.303 e. The highest BCUT2D eigenvalue weighted by atomic mass is 16.4. The lowest BCUT2D eigenvalue weighted by atomic mass is 9.84. The van der Waals surface area contributed by atoms with Gasteiger partial charge in [-0.15, -0.1) is 0 Å². The molecule has 0 aromatic rings. The van der Waals surface area contributed by atoms with E-state index in [9.17, 15) is 9.59 Å². The molecule has 2 fully saturated rings. The average molecular weight is 268 g/mol. The number of carbonyl (C=O) groups excluding carboxylic acids is 1. The molecule has 108 valence electrons. The molecule has 0 aromatic heterocycles. The van der Waals surface area contributed by atoms with Crippen molar-refractivity contribution in [3.8, 4) is 0 Å². The molecule has 1 aliphatic carbocycles. The number of carboxylic acid groups (broad SMARTS) is 1. The molecule has 1 aliphatic heterocycles. The second-order valence-corrected chi connectivity index (χ2v) is 5.99. The maximum atomic E-state index is 12.4. The zero-order valence-corrected chi connectivity index (χ0v) is 11.4. The third-order valence-corrected chi connectivity index (χ3v) is 4.45. The molecular formula is C14H24N2O3. The van der Waals surface area contributed by atoms with Gasteiger partial charge in [0.25, 0.3) is 0 Å². The van der Waals surface area contributed by atoms with Gasteiger partial charge in [0.2, 0.25) is 5.91 Å². The van der Waals surface area contributed by atoms with Gasteiger partial charge in [-0.1, -0.05) is 6.42 Å². The third kappa shape index (κ3) is 3.93. The first-order valence-corrected chi connectivity index (χ1v) is 7.32. The van der Waals surface area contributed by atoms with Gasteiger partial charge in [0.1, 0.15) is 0 Å². The summed E-state index contributed by atoms with van der Waals surface area (Å²) in [6.07, 6.45) is 5.72. The predicted octanol–water partition coefficient (Wildman–Crippen LogP) is 1.22. The van der Waals surface area contributed by atoms with E-state index in [1.165, 1.54) is 0 Å². The normalized spacial score (nSPS) is 29.2.